The minimum Gasteiger partial charge on any atom is -0.328 e. The first-order valence-electron chi connectivity index (χ1n) is 6.96. The highest BCUT2D eigenvalue weighted by Gasteiger charge is 2.23. The Balaban J connectivity index is 1.95. The normalized spacial score (nSPS) is 20.3. The second-order valence-electron chi connectivity index (χ2n) is 5.75. The van der Waals surface area contributed by atoms with Gasteiger partial charge in [-0.1, -0.05) is 0 Å². The molecule has 2 heterocycles. The van der Waals surface area contributed by atoms with Crippen LogP contribution in [-0.4, -0.2) is 33.8 Å². The zero-order valence-corrected chi connectivity index (χ0v) is 12.1. The van der Waals surface area contributed by atoms with Crippen LogP contribution >= 0.6 is 0 Å². The molecule has 1 saturated heterocycles. The Labute approximate surface area is 110 Å². The molecule has 1 aliphatic rings. The summed E-state index contributed by atoms with van der Waals surface area (Å²) < 4.78 is 1.99. The van der Waals surface area contributed by atoms with E-state index in [9.17, 15) is 0 Å². The van der Waals surface area contributed by atoms with Crippen molar-refractivity contribution in [2.75, 3.05) is 13.1 Å². The van der Waals surface area contributed by atoms with Crippen LogP contribution < -0.4 is 5.73 Å². The van der Waals surface area contributed by atoms with Crippen molar-refractivity contribution in [1.82, 2.24) is 14.7 Å². The van der Waals surface area contributed by atoms with Crippen LogP contribution in [0, 0.1) is 19.8 Å². The Morgan fingerprint density at radius 3 is 2.39 bits per heavy atom. The van der Waals surface area contributed by atoms with Gasteiger partial charge in [0.05, 0.1) is 5.69 Å². The zero-order chi connectivity index (χ0) is 13.3. The number of aromatic nitrogens is 2. The molecule has 0 amide bonds. The molecule has 1 aliphatic heterocycles. The first-order valence-corrected chi connectivity index (χ1v) is 6.96. The van der Waals surface area contributed by atoms with Gasteiger partial charge in [-0.15, -0.1) is 0 Å². The van der Waals surface area contributed by atoms with Crippen molar-refractivity contribution in [3.05, 3.63) is 17.0 Å². The maximum absolute atomic E-state index is 5.98. The monoisotopic (exact) mass is 250 g/mol. The highest BCUT2D eigenvalue weighted by molar-refractivity contribution is 5.24. The topological polar surface area (TPSA) is 47.1 Å². The van der Waals surface area contributed by atoms with Crippen LogP contribution in [0.15, 0.2) is 0 Å². The van der Waals surface area contributed by atoms with E-state index in [0.29, 0.717) is 12.0 Å². The van der Waals surface area contributed by atoms with Crippen LogP contribution in [-0.2, 0) is 13.6 Å². The molecule has 1 atom stereocenters. The van der Waals surface area contributed by atoms with Crippen molar-refractivity contribution >= 4 is 0 Å². The molecule has 1 aromatic rings. The number of nitrogens with two attached hydrogens (primary N) is 1. The Hall–Kier alpha value is -0.870. The predicted octanol–water partition coefficient (Wildman–Crippen LogP) is 1.60. The lowest BCUT2D eigenvalue weighted by Gasteiger charge is -2.33. The van der Waals surface area contributed by atoms with Crippen LogP contribution in [0.2, 0.25) is 0 Å². The largest absolute Gasteiger partial charge is 0.328 e. The number of likely N-dealkylation sites (tertiary alicyclic amines) is 1. The van der Waals surface area contributed by atoms with Crippen molar-refractivity contribution in [3.63, 3.8) is 0 Å². The summed E-state index contributed by atoms with van der Waals surface area (Å²) in [5.74, 6) is 0.706. The fraction of sp³-hybridized carbons (Fsp3) is 0.786. The lowest BCUT2D eigenvalue weighted by atomic mass is 9.91. The highest BCUT2D eigenvalue weighted by Crippen LogP contribution is 2.22. The standard InChI is InChI=1S/C14H26N4/c1-10(15)13-5-7-18(8-6-13)9-14-11(2)16-17(4)12(14)3/h10,13H,5-9,15H2,1-4H3. The molecule has 0 aromatic carbocycles. The lowest BCUT2D eigenvalue weighted by Crippen LogP contribution is -2.39. The van der Waals surface area contributed by atoms with E-state index in [0.717, 1.165) is 6.54 Å². The van der Waals surface area contributed by atoms with Crippen LogP contribution in [0.3, 0.4) is 0 Å². The van der Waals surface area contributed by atoms with E-state index in [1.54, 1.807) is 0 Å². The molecule has 1 fully saturated rings. The highest BCUT2D eigenvalue weighted by atomic mass is 15.3. The smallest absolute Gasteiger partial charge is 0.0641 e. The molecule has 0 saturated carbocycles. The Kier molecular flexibility index (Phi) is 4.07. The molecular weight excluding hydrogens is 224 g/mol. The van der Waals surface area contributed by atoms with E-state index >= 15 is 0 Å². The van der Waals surface area contributed by atoms with Gasteiger partial charge in [0.15, 0.2) is 0 Å². The third-order valence-electron chi connectivity index (χ3n) is 4.42. The SMILES string of the molecule is Cc1nn(C)c(C)c1CN1CCC(C(C)N)CC1. The molecule has 18 heavy (non-hydrogen) atoms. The fourth-order valence-electron chi connectivity index (χ4n) is 2.91. The van der Waals surface area contributed by atoms with Gasteiger partial charge < -0.3 is 5.73 Å². The van der Waals surface area contributed by atoms with Gasteiger partial charge in [0, 0.05) is 30.9 Å². The molecule has 4 nitrogen and oxygen atoms in total. The maximum Gasteiger partial charge on any atom is 0.0641 e. The average molecular weight is 250 g/mol. The number of hydrogen-bond donors (Lipinski definition) is 1. The summed E-state index contributed by atoms with van der Waals surface area (Å²) in [6, 6.07) is 0.342. The summed E-state index contributed by atoms with van der Waals surface area (Å²) in [4.78, 5) is 2.54. The quantitative estimate of drug-likeness (QED) is 0.886. The summed E-state index contributed by atoms with van der Waals surface area (Å²) >= 11 is 0. The first kappa shape index (κ1) is 13.6. The van der Waals surface area contributed by atoms with E-state index in [2.05, 4.69) is 30.8 Å². The number of rotatable bonds is 3. The number of piperidine rings is 1. The minimum absolute atomic E-state index is 0.342. The summed E-state index contributed by atoms with van der Waals surface area (Å²) in [6.07, 6.45) is 2.46. The summed E-state index contributed by atoms with van der Waals surface area (Å²) in [5.41, 5.74) is 9.85. The molecule has 0 bridgehead atoms. The number of hydrogen-bond acceptors (Lipinski definition) is 3. The van der Waals surface area contributed by atoms with Gasteiger partial charge in [-0.2, -0.15) is 5.10 Å². The Morgan fingerprint density at radius 1 is 1.33 bits per heavy atom. The van der Waals surface area contributed by atoms with Crippen molar-refractivity contribution in [3.8, 4) is 0 Å². The van der Waals surface area contributed by atoms with Gasteiger partial charge in [-0.05, 0) is 52.6 Å². The Bertz CT molecular complexity index is 400. The molecule has 0 aliphatic carbocycles. The lowest BCUT2D eigenvalue weighted by molar-refractivity contribution is 0.165. The number of aryl methyl sites for hydroxylation is 2. The van der Waals surface area contributed by atoms with Gasteiger partial charge in [0.1, 0.15) is 0 Å². The minimum atomic E-state index is 0.342. The predicted molar refractivity (Wildman–Crippen MR) is 74.3 cm³/mol. The van der Waals surface area contributed by atoms with E-state index in [-0.39, 0.29) is 0 Å². The summed E-state index contributed by atoms with van der Waals surface area (Å²) in [7, 11) is 2.02. The first-order chi connectivity index (χ1) is 8.49. The van der Waals surface area contributed by atoms with E-state index in [1.165, 1.54) is 42.9 Å². The van der Waals surface area contributed by atoms with Gasteiger partial charge in [0.25, 0.3) is 0 Å². The third kappa shape index (κ3) is 2.75. The van der Waals surface area contributed by atoms with Gasteiger partial charge in [-0.3, -0.25) is 9.58 Å². The molecular formula is C14H26N4. The molecule has 4 heteroatoms. The fourth-order valence-corrected chi connectivity index (χ4v) is 2.91. The number of nitrogens with zero attached hydrogens (tertiary/aromatic N) is 3. The van der Waals surface area contributed by atoms with Crippen molar-refractivity contribution in [2.45, 2.75) is 46.2 Å². The Morgan fingerprint density at radius 2 is 1.94 bits per heavy atom. The second kappa shape index (κ2) is 5.41. The second-order valence-corrected chi connectivity index (χ2v) is 5.75. The van der Waals surface area contributed by atoms with Crippen LogP contribution in [0.25, 0.3) is 0 Å². The van der Waals surface area contributed by atoms with Gasteiger partial charge in [-0.25, -0.2) is 0 Å². The van der Waals surface area contributed by atoms with Crippen LogP contribution in [0.4, 0.5) is 0 Å². The average Bonchev–Trinajstić information content (AvgIpc) is 2.57. The van der Waals surface area contributed by atoms with E-state index in [4.69, 9.17) is 5.73 Å². The van der Waals surface area contributed by atoms with Crippen LogP contribution in [0.5, 0.6) is 0 Å². The van der Waals surface area contributed by atoms with Gasteiger partial charge >= 0.3 is 0 Å². The molecule has 1 aromatic heterocycles. The van der Waals surface area contributed by atoms with Gasteiger partial charge in [0.2, 0.25) is 0 Å². The molecule has 1 unspecified atom stereocenters. The summed E-state index contributed by atoms with van der Waals surface area (Å²) in [5, 5.41) is 4.49. The van der Waals surface area contributed by atoms with Crippen molar-refractivity contribution in [1.29, 1.82) is 0 Å². The zero-order valence-electron chi connectivity index (χ0n) is 12.1. The van der Waals surface area contributed by atoms with E-state index < -0.39 is 0 Å². The molecule has 0 spiro atoms. The van der Waals surface area contributed by atoms with E-state index in [1.807, 2.05) is 11.7 Å². The molecule has 0 radical (unpaired) electrons. The third-order valence-corrected chi connectivity index (χ3v) is 4.42. The molecule has 2 rings (SSSR count). The van der Waals surface area contributed by atoms with Crippen LogP contribution in [0.1, 0.15) is 36.7 Å². The molecule has 102 valence electrons. The van der Waals surface area contributed by atoms with Crippen molar-refractivity contribution < 1.29 is 0 Å². The molecule has 2 N–H and O–H groups in total. The maximum atomic E-state index is 5.98. The summed E-state index contributed by atoms with van der Waals surface area (Å²) in [6.45, 7) is 9.77. The van der Waals surface area contributed by atoms with Crippen molar-refractivity contribution in [2.24, 2.45) is 18.7 Å².